The number of nitrogens with one attached hydrogen (secondary N) is 1. The van der Waals surface area contributed by atoms with E-state index in [1.54, 1.807) is 9.80 Å². The number of carbonyl (C=O) groups is 2. The maximum atomic E-state index is 12.2. The van der Waals surface area contributed by atoms with E-state index in [2.05, 4.69) is 24.1 Å². The first-order valence-electron chi connectivity index (χ1n) is 7.59. The summed E-state index contributed by atoms with van der Waals surface area (Å²) in [6.07, 6.45) is 0. The summed E-state index contributed by atoms with van der Waals surface area (Å²) >= 11 is 0. The van der Waals surface area contributed by atoms with Crippen LogP contribution < -0.4 is 5.32 Å². The third kappa shape index (κ3) is 3.93. The average Bonchev–Trinajstić information content (AvgIpc) is 2.47. The van der Waals surface area contributed by atoms with Crippen molar-refractivity contribution in [2.75, 3.05) is 58.9 Å². The van der Waals surface area contributed by atoms with Crippen molar-refractivity contribution in [1.29, 1.82) is 0 Å². The Bertz CT molecular complexity index is 345. The topological polar surface area (TPSA) is 55.9 Å². The Morgan fingerprint density at radius 2 is 1.40 bits per heavy atom. The molecule has 114 valence electrons. The van der Waals surface area contributed by atoms with Gasteiger partial charge in [0, 0.05) is 58.9 Å². The highest BCUT2D eigenvalue weighted by Crippen LogP contribution is 2.07. The number of nitrogens with zero attached hydrogens (tertiary/aromatic N) is 3. The summed E-state index contributed by atoms with van der Waals surface area (Å²) in [7, 11) is 0. The van der Waals surface area contributed by atoms with Crippen molar-refractivity contribution >= 4 is 11.8 Å². The molecule has 0 aromatic carbocycles. The minimum absolute atomic E-state index is 0.323. The maximum Gasteiger partial charge on any atom is 0.312 e. The van der Waals surface area contributed by atoms with Crippen molar-refractivity contribution in [2.24, 2.45) is 5.92 Å². The van der Waals surface area contributed by atoms with E-state index >= 15 is 0 Å². The minimum Gasteiger partial charge on any atom is -0.332 e. The van der Waals surface area contributed by atoms with Crippen LogP contribution >= 0.6 is 0 Å². The largest absolute Gasteiger partial charge is 0.332 e. The molecule has 2 aliphatic heterocycles. The Balaban J connectivity index is 1.80. The van der Waals surface area contributed by atoms with E-state index in [0.717, 1.165) is 32.7 Å². The molecule has 1 N–H and O–H groups in total. The van der Waals surface area contributed by atoms with Gasteiger partial charge in [0.15, 0.2) is 0 Å². The van der Waals surface area contributed by atoms with Gasteiger partial charge in [-0.25, -0.2) is 0 Å². The maximum absolute atomic E-state index is 12.2. The van der Waals surface area contributed by atoms with Crippen molar-refractivity contribution in [1.82, 2.24) is 20.0 Å². The predicted molar refractivity (Wildman–Crippen MR) is 77.3 cm³/mol. The van der Waals surface area contributed by atoms with Crippen molar-refractivity contribution in [3.63, 3.8) is 0 Å². The average molecular weight is 282 g/mol. The molecule has 0 aromatic heterocycles. The molecule has 2 fully saturated rings. The molecule has 2 heterocycles. The number of hydrogen-bond donors (Lipinski definition) is 1. The Morgan fingerprint density at radius 3 is 1.90 bits per heavy atom. The van der Waals surface area contributed by atoms with Crippen LogP contribution in [0.1, 0.15) is 13.8 Å². The van der Waals surface area contributed by atoms with Crippen molar-refractivity contribution in [3.8, 4) is 0 Å². The predicted octanol–water partition coefficient (Wildman–Crippen LogP) is -0.782. The third-order valence-corrected chi connectivity index (χ3v) is 3.87. The number of amides is 2. The van der Waals surface area contributed by atoms with E-state index in [9.17, 15) is 9.59 Å². The van der Waals surface area contributed by atoms with E-state index < -0.39 is 0 Å². The van der Waals surface area contributed by atoms with Gasteiger partial charge < -0.3 is 15.1 Å². The number of piperazine rings is 2. The highest BCUT2D eigenvalue weighted by atomic mass is 16.2. The summed E-state index contributed by atoms with van der Waals surface area (Å²) in [6, 6.07) is 0. The Hall–Kier alpha value is -1.14. The van der Waals surface area contributed by atoms with Crippen LogP contribution in [0, 0.1) is 5.92 Å². The molecule has 0 atom stereocenters. The van der Waals surface area contributed by atoms with Gasteiger partial charge in [-0.05, 0) is 5.92 Å². The van der Waals surface area contributed by atoms with Gasteiger partial charge in [0.2, 0.25) is 0 Å². The van der Waals surface area contributed by atoms with Crippen molar-refractivity contribution < 1.29 is 9.59 Å². The quantitative estimate of drug-likeness (QED) is 0.675. The van der Waals surface area contributed by atoms with Gasteiger partial charge in [-0.15, -0.1) is 0 Å². The zero-order chi connectivity index (χ0) is 14.5. The summed E-state index contributed by atoms with van der Waals surface area (Å²) < 4.78 is 0. The second kappa shape index (κ2) is 7.04. The molecule has 0 unspecified atom stereocenters. The smallest absolute Gasteiger partial charge is 0.312 e. The third-order valence-electron chi connectivity index (χ3n) is 3.87. The van der Waals surface area contributed by atoms with E-state index in [4.69, 9.17) is 0 Å². The van der Waals surface area contributed by atoms with Gasteiger partial charge in [-0.1, -0.05) is 13.8 Å². The summed E-state index contributed by atoms with van der Waals surface area (Å²) in [5.41, 5.74) is 0. The monoisotopic (exact) mass is 282 g/mol. The summed E-state index contributed by atoms with van der Waals surface area (Å²) in [6.45, 7) is 11.4. The number of hydrogen-bond acceptors (Lipinski definition) is 4. The minimum atomic E-state index is -0.330. The molecule has 2 amide bonds. The fraction of sp³-hybridized carbons (Fsp3) is 0.857. The van der Waals surface area contributed by atoms with Crippen LogP contribution in [0.2, 0.25) is 0 Å². The molecule has 2 aliphatic rings. The van der Waals surface area contributed by atoms with Gasteiger partial charge in [-0.2, -0.15) is 0 Å². The molecular weight excluding hydrogens is 256 g/mol. The fourth-order valence-corrected chi connectivity index (χ4v) is 2.79. The van der Waals surface area contributed by atoms with Gasteiger partial charge >= 0.3 is 11.8 Å². The molecule has 2 saturated heterocycles. The Labute approximate surface area is 121 Å². The van der Waals surface area contributed by atoms with Gasteiger partial charge in [0.1, 0.15) is 0 Å². The van der Waals surface area contributed by atoms with Crippen molar-refractivity contribution in [3.05, 3.63) is 0 Å². The van der Waals surface area contributed by atoms with Crippen molar-refractivity contribution in [2.45, 2.75) is 13.8 Å². The molecule has 0 saturated carbocycles. The molecule has 0 aromatic rings. The molecule has 0 spiro atoms. The molecule has 0 bridgehead atoms. The van der Waals surface area contributed by atoms with Crippen LogP contribution in [0.15, 0.2) is 0 Å². The van der Waals surface area contributed by atoms with Crippen LogP contribution in [-0.2, 0) is 9.59 Å². The summed E-state index contributed by atoms with van der Waals surface area (Å²) in [5.74, 6) is -0.0142. The van der Waals surface area contributed by atoms with Crippen LogP contribution in [0.3, 0.4) is 0 Å². The SMILES string of the molecule is CC(C)CN1CCN(C(=O)C(=O)N2CCNCC2)CC1. The second-order valence-electron chi connectivity index (χ2n) is 6.03. The molecule has 0 aliphatic carbocycles. The zero-order valence-electron chi connectivity index (χ0n) is 12.6. The Morgan fingerprint density at radius 1 is 0.900 bits per heavy atom. The van der Waals surface area contributed by atoms with E-state index in [0.29, 0.717) is 32.1 Å². The first-order chi connectivity index (χ1) is 9.58. The van der Waals surface area contributed by atoms with Crippen LogP contribution in [-0.4, -0.2) is 85.4 Å². The summed E-state index contributed by atoms with van der Waals surface area (Å²) in [5, 5.41) is 3.19. The molecule has 2 rings (SSSR count). The molecule has 6 heteroatoms. The lowest BCUT2D eigenvalue weighted by molar-refractivity contribution is -0.153. The van der Waals surface area contributed by atoms with Crippen LogP contribution in [0.4, 0.5) is 0 Å². The highest BCUT2D eigenvalue weighted by Gasteiger charge is 2.30. The van der Waals surface area contributed by atoms with Crippen LogP contribution in [0.25, 0.3) is 0 Å². The van der Waals surface area contributed by atoms with E-state index in [1.807, 2.05) is 0 Å². The van der Waals surface area contributed by atoms with E-state index in [-0.39, 0.29) is 11.8 Å². The first-order valence-corrected chi connectivity index (χ1v) is 7.59. The Kier molecular flexibility index (Phi) is 5.37. The number of carbonyl (C=O) groups excluding carboxylic acids is 2. The highest BCUT2D eigenvalue weighted by molar-refractivity contribution is 6.34. The molecule has 0 radical (unpaired) electrons. The molecular formula is C14H26N4O2. The van der Waals surface area contributed by atoms with Gasteiger partial charge in [-0.3, -0.25) is 14.5 Å². The number of rotatable bonds is 2. The fourth-order valence-electron chi connectivity index (χ4n) is 2.79. The lowest BCUT2D eigenvalue weighted by atomic mass is 10.2. The second-order valence-corrected chi connectivity index (χ2v) is 6.03. The molecule has 20 heavy (non-hydrogen) atoms. The first kappa shape index (κ1) is 15.3. The zero-order valence-corrected chi connectivity index (χ0v) is 12.6. The normalized spacial score (nSPS) is 21.4. The van der Waals surface area contributed by atoms with E-state index in [1.165, 1.54) is 0 Å². The van der Waals surface area contributed by atoms with Gasteiger partial charge in [0.05, 0.1) is 0 Å². The molecule has 6 nitrogen and oxygen atoms in total. The van der Waals surface area contributed by atoms with Gasteiger partial charge in [0.25, 0.3) is 0 Å². The standard InChI is InChI=1S/C14H26N4O2/c1-12(2)11-16-7-9-18(10-8-16)14(20)13(19)17-5-3-15-4-6-17/h12,15H,3-11H2,1-2H3. The van der Waals surface area contributed by atoms with Crippen LogP contribution in [0.5, 0.6) is 0 Å². The lowest BCUT2D eigenvalue weighted by Gasteiger charge is -2.36. The lowest BCUT2D eigenvalue weighted by Crippen LogP contribution is -2.56. The summed E-state index contributed by atoms with van der Waals surface area (Å²) in [4.78, 5) is 30.1.